The first-order valence-electron chi connectivity index (χ1n) is 5.19. The molecular weight excluding hydrogens is 226 g/mol. The molecule has 0 aromatic carbocycles. The molecule has 0 radical (unpaired) electrons. The molecule has 5 nitrogen and oxygen atoms in total. The van der Waals surface area contributed by atoms with E-state index >= 15 is 0 Å². The van der Waals surface area contributed by atoms with Gasteiger partial charge in [0.1, 0.15) is 0 Å². The summed E-state index contributed by atoms with van der Waals surface area (Å²) >= 11 is 1.69. The average molecular weight is 243 g/mol. The Bertz CT molecular complexity index is 352. The number of hydrogen-bond donors (Lipinski definition) is 2. The Morgan fingerprint density at radius 3 is 2.88 bits per heavy atom. The molecule has 1 aromatic heterocycles. The van der Waals surface area contributed by atoms with Crippen LogP contribution in [0.4, 0.5) is 4.79 Å². The molecule has 2 N–H and O–H groups in total. The molecule has 16 heavy (non-hydrogen) atoms. The highest BCUT2D eigenvalue weighted by molar-refractivity contribution is 7.11. The van der Waals surface area contributed by atoms with E-state index < -0.39 is 0 Å². The van der Waals surface area contributed by atoms with Crippen LogP contribution in [0.15, 0.2) is 0 Å². The van der Waals surface area contributed by atoms with Crippen molar-refractivity contribution in [3.63, 3.8) is 0 Å². The zero-order valence-corrected chi connectivity index (χ0v) is 10.6. The van der Waals surface area contributed by atoms with E-state index in [-0.39, 0.29) is 6.03 Å². The SMILES string of the molecule is CCc1nc(CCNC(=O)NOC)sc1C. The normalized spacial score (nSPS) is 10.2. The molecule has 0 atom stereocenters. The Hall–Kier alpha value is -1.14. The molecule has 2 amide bonds. The van der Waals surface area contributed by atoms with Gasteiger partial charge in [0.15, 0.2) is 0 Å². The van der Waals surface area contributed by atoms with E-state index in [0.717, 1.165) is 23.5 Å². The number of rotatable bonds is 5. The number of nitrogens with zero attached hydrogens (tertiary/aromatic N) is 1. The smallest absolute Gasteiger partial charge is 0.336 e. The van der Waals surface area contributed by atoms with Crippen molar-refractivity contribution < 1.29 is 9.63 Å². The number of urea groups is 1. The molecule has 0 saturated carbocycles. The van der Waals surface area contributed by atoms with Gasteiger partial charge in [0, 0.05) is 17.8 Å². The molecule has 0 aliphatic rings. The highest BCUT2D eigenvalue weighted by Crippen LogP contribution is 2.17. The number of carbonyl (C=O) groups is 1. The predicted octanol–water partition coefficient (Wildman–Crippen LogP) is 1.42. The zero-order chi connectivity index (χ0) is 12.0. The van der Waals surface area contributed by atoms with Gasteiger partial charge < -0.3 is 5.32 Å². The highest BCUT2D eigenvalue weighted by atomic mass is 32.1. The first-order chi connectivity index (χ1) is 7.67. The minimum Gasteiger partial charge on any atom is -0.336 e. The topological polar surface area (TPSA) is 63.2 Å². The van der Waals surface area contributed by atoms with Crippen LogP contribution in [0.1, 0.15) is 22.5 Å². The summed E-state index contributed by atoms with van der Waals surface area (Å²) in [5.41, 5.74) is 3.35. The first kappa shape index (κ1) is 12.9. The maximum absolute atomic E-state index is 11.0. The molecule has 0 aliphatic carbocycles. The number of aromatic nitrogens is 1. The van der Waals surface area contributed by atoms with Crippen LogP contribution in [0.5, 0.6) is 0 Å². The lowest BCUT2D eigenvalue weighted by atomic mass is 10.3. The molecule has 1 aromatic rings. The molecule has 0 spiro atoms. The fraction of sp³-hybridized carbons (Fsp3) is 0.600. The van der Waals surface area contributed by atoms with Gasteiger partial charge in [-0.3, -0.25) is 4.84 Å². The van der Waals surface area contributed by atoms with Gasteiger partial charge in [-0.15, -0.1) is 11.3 Å². The Labute approximate surface area is 99.2 Å². The standard InChI is InChI=1S/C10H17N3O2S/c1-4-8-7(2)16-9(12-8)5-6-11-10(14)13-15-3/h4-6H2,1-3H3,(H2,11,13,14). The lowest BCUT2D eigenvalue weighted by Crippen LogP contribution is -2.35. The van der Waals surface area contributed by atoms with Gasteiger partial charge in [-0.2, -0.15) is 0 Å². The summed E-state index contributed by atoms with van der Waals surface area (Å²) in [5, 5.41) is 3.73. The van der Waals surface area contributed by atoms with Gasteiger partial charge >= 0.3 is 6.03 Å². The van der Waals surface area contributed by atoms with Crippen molar-refractivity contribution in [3.05, 3.63) is 15.6 Å². The second-order valence-electron chi connectivity index (χ2n) is 3.28. The Balaban J connectivity index is 2.34. The van der Waals surface area contributed by atoms with Crippen molar-refractivity contribution >= 4 is 17.4 Å². The zero-order valence-electron chi connectivity index (χ0n) is 9.79. The third-order valence-electron chi connectivity index (χ3n) is 2.09. The molecule has 0 unspecified atom stereocenters. The second kappa shape index (κ2) is 6.44. The summed E-state index contributed by atoms with van der Waals surface area (Å²) < 4.78 is 0. The quantitative estimate of drug-likeness (QED) is 0.769. The van der Waals surface area contributed by atoms with Crippen LogP contribution < -0.4 is 10.8 Å². The highest BCUT2D eigenvalue weighted by Gasteiger charge is 2.06. The van der Waals surface area contributed by atoms with Crippen molar-refractivity contribution in [2.45, 2.75) is 26.7 Å². The van der Waals surface area contributed by atoms with E-state index in [4.69, 9.17) is 0 Å². The van der Waals surface area contributed by atoms with Gasteiger partial charge in [0.05, 0.1) is 17.8 Å². The van der Waals surface area contributed by atoms with Crippen LogP contribution in [-0.2, 0) is 17.7 Å². The molecule has 1 heterocycles. The van der Waals surface area contributed by atoms with E-state index in [1.54, 1.807) is 11.3 Å². The summed E-state index contributed by atoms with van der Waals surface area (Å²) in [4.78, 5) is 21.2. The number of thiazole rings is 1. The van der Waals surface area contributed by atoms with Gasteiger partial charge in [-0.05, 0) is 13.3 Å². The summed E-state index contributed by atoms with van der Waals surface area (Å²) in [7, 11) is 1.40. The number of carbonyl (C=O) groups excluding carboxylic acids is 1. The number of hydroxylamine groups is 1. The van der Waals surface area contributed by atoms with Gasteiger partial charge in [-0.25, -0.2) is 15.3 Å². The number of aryl methyl sites for hydroxylation is 2. The fourth-order valence-electron chi connectivity index (χ4n) is 1.33. The third kappa shape index (κ3) is 3.79. The van der Waals surface area contributed by atoms with E-state index in [1.807, 2.05) is 0 Å². The van der Waals surface area contributed by atoms with Crippen LogP contribution in [0.3, 0.4) is 0 Å². The van der Waals surface area contributed by atoms with Crippen LogP contribution in [0, 0.1) is 6.92 Å². The predicted molar refractivity (Wildman–Crippen MR) is 63.5 cm³/mol. The van der Waals surface area contributed by atoms with Crippen molar-refractivity contribution in [2.24, 2.45) is 0 Å². The van der Waals surface area contributed by atoms with Gasteiger partial charge in [-0.1, -0.05) is 6.92 Å². The minimum absolute atomic E-state index is 0.327. The van der Waals surface area contributed by atoms with E-state index in [2.05, 4.69) is 34.5 Å². The lowest BCUT2D eigenvalue weighted by molar-refractivity contribution is 0.107. The Kier molecular flexibility index (Phi) is 5.21. The monoisotopic (exact) mass is 243 g/mol. The van der Waals surface area contributed by atoms with Crippen molar-refractivity contribution in [1.29, 1.82) is 0 Å². The van der Waals surface area contributed by atoms with Crippen LogP contribution in [-0.4, -0.2) is 24.7 Å². The van der Waals surface area contributed by atoms with E-state index in [1.165, 1.54) is 12.0 Å². The number of hydrogen-bond acceptors (Lipinski definition) is 4. The molecule has 1 rings (SSSR count). The molecule has 0 bridgehead atoms. The Morgan fingerprint density at radius 2 is 2.31 bits per heavy atom. The summed E-state index contributed by atoms with van der Waals surface area (Å²) in [6, 6.07) is -0.327. The fourth-order valence-corrected chi connectivity index (χ4v) is 2.36. The van der Waals surface area contributed by atoms with Crippen molar-refractivity contribution in [1.82, 2.24) is 15.8 Å². The summed E-state index contributed by atoms with van der Waals surface area (Å²) in [6.45, 7) is 4.73. The van der Waals surface area contributed by atoms with Crippen LogP contribution in [0.25, 0.3) is 0 Å². The first-order valence-corrected chi connectivity index (χ1v) is 6.01. The molecule has 6 heteroatoms. The summed E-state index contributed by atoms with van der Waals surface area (Å²) in [5.74, 6) is 0. The number of amides is 2. The van der Waals surface area contributed by atoms with Crippen molar-refractivity contribution in [3.8, 4) is 0 Å². The number of nitrogens with one attached hydrogen (secondary N) is 2. The maximum Gasteiger partial charge on any atom is 0.338 e. The third-order valence-corrected chi connectivity index (χ3v) is 3.16. The molecule has 0 aliphatic heterocycles. The largest absolute Gasteiger partial charge is 0.338 e. The molecule has 90 valence electrons. The molecule has 0 fully saturated rings. The minimum atomic E-state index is -0.327. The lowest BCUT2D eigenvalue weighted by Gasteiger charge is -2.03. The summed E-state index contributed by atoms with van der Waals surface area (Å²) in [6.07, 6.45) is 1.71. The van der Waals surface area contributed by atoms with E-state index in [0.29, 0.717) is 6.54 Å². The second-order valence-corrected chi connectivity index (χ2v) is 4.56. The molecule has 0 saturated heterocycles. The van der Waals surface area contributed by atoms with Gasteiger partial charge in [0.25, 0.3) is 0 Å². The van der Waals surface area contributed by atoms with E-state index in [9.17, 15) is 4.79 Å². The maximum atomic E-state index is 11.0. The molecular formula is C10H17N3O2S. The van der Waals surface area contributed by atoms with Crippen molar-refractivity contribution in [2.75, 3.05) is 13.7 Å². The Morgan fingerprint density at radius 1 is 1.56 bits per heavy atom. The van der Waals surface area contributed by atoms with Crippen LogP contribution in [0.2, 0.25) is 0 Å². The average Bonchev–Trinajstić information content (AvgIpc) is 2.59. The van der Waals surface area contributed by atoms with Gasteiger partial charge in [0.2, 0.25) is 0 Å². The van der Waals surface area contributed by atoms with Crippen LogP contribution >= 0.6 is 11.3 Å².